The van der Waals surface area contributed by atoms with Gasteiger partial charge in [0.25, 0.3) is 0 Å². The topological polar surface area (TPSA) is 23.9 Å². The molecule has 76 valence electrons. The van der Waals surface area contributed by atoms with E-state index in [1.807, 2.05) is 0 Å². The molecular formula is C8H5F4NS. The molecule has 1 N–H and O–H groups in total. The summed E-state index contributed by atoms with van der Waals surface area (Å²) in [7, 11) is 0. The Labute approximate surface area is 82.9 Å². The maximum atomic E-state index is 12.1. The molecule has 0 aliphatic carbocycles. The van der Waals surface area contributed by atoms with Crippen LogP contribution in [-0.4, -0.2) is 5.16 Å². The Morgan fingerprint density at radius 3 is 1.79 bits per heavy atom. The lowest BCUT2D eigenvalue weighted by molar-refractivity contribution is -0.137. The largest absolute Gasteiger partial charge is 0.416 e. The van der Waals surface area contributed by atoms with Gasteiger partial charge in [-0.3, -0.25) is 0 Å². The maximum absolute atomic E-state index is 12.1. The highest BCUT2D eigenvalue weighted by Crippen LogP contribution is 2.28. The summed E-state index contributed by atoms with van der Waals surface area (Å²) in [5, 5.41) is 7.36. The van der Waals surface area contributed by atoms with E-state index in [9.17, 15) is 17.6 Å². The van der Waals surface area contributed by atoms with Gasteiger partial charge in [0.1, 0.15) is 5.82 Å². The molecule has 0 bridgehead atoms. The Hall–Kier alpha value is -1.26. The van der Waals surface area contributed by atoms with Gasteiger partial charge in [-0.25, -0.2) is 9.80 Å². The number of hydrogen-bond donors (Lipinski definition) is 1. The second-order valence-corrected chi connectivity index (χ2v) is 2.31. The smallest absolute Gasteiger partial charge is 0.248 e. The lowest BCUT2D eigenvalue weighted by atomic mass is 10.2. The summed E-state index contributed by atoms with van der Waals surface area (Å²) in [5.41, 5.74) is -0.834. The Kier molecular flexibility index (Phi) is 4.97. The number of nitrogens with one attached hydrogen (secondary N) is 1. The SMILES string of the molecule is Fc1ccc(C(F)(F)F)cc1.N=C=S. The van der Waals surface area contributed by atoms with Crippen molar-refractivity contribution in [2.75, 3.05) is 0 Å². The number of halogens is 4. The number of alkyl halides is 3. The van der Waals surface area contributed by atoms with Crippen molar-refractivity contribution in [3.05, 3.63) is 35.6 Å². The standard InChI is InChI=1S/C7H4F4.CHNS/c8-6-3-1-5(2-4-6)7(9,10)11;2-1-3/h1-4H;2H. The van der Waals surface area contributed by atoms with E-state index in [1.54, 1.807) is 5.16 Å². The third-order valence-corrected chi connectivity index (χ3v) is 1.17. The summed E-state index contributed by atoms with van der Waals surface area (Å²) in [5.74, 6) is -0.669. The zero-order valence-corrected chi connectivity index (χ0v) is 7.55. The van der Waals surface area contributed by atoms with Gasteiger partial charge in [-0.15, -0.1) is 0 Å². The third kappa shape index (κ3) is 4.69. The van der Waals surface area contributed by atoms with Gasteiger partial charge in [-0.2, -0.15) is 13.2 Å². The fourth-order valence-corrected chi connectivity index (χ4v) is 0.639. The minimum Gasteiger partial charge on any atom is -0.248 e. The Balaban J connectivity index is 0.000000500. The molecule has 1 aromatic carbocycles. The third-order valence-electron chi connectivity index (χ3n) is 1.17. The van der Waals surface area contributed by atoms with Crippen molar-refractivity contribution in [2.24, 2.45) is 0 Å². The summed E-state index contributed by atoms with van der Waals surface area (Å²) < 4.78 is 47.5. The molecule has 0 aromatic heterocycles. The highest BCUT2D eigenvalue weighted by atomic mass is 32.1. The predicted molar refractivity (Wildman–Crippen MR) is 46.7 cm³/mol. The zero-order chi connectivity index (χ0) is 11.2. The molecule has 0 atom stereocenters. The van der Waals surface area contributed by atoms with Crippen LogP contribution < -0.4 is 0 Å². The Bertz CT molecular complexity index is 311. The van der Waals surface area contributed by atoms with Crippen molar-refractivity contribution < 1.29 is 17.6 Å². The van der Waals surface area contributed by atoms with Gasteiger partial charge in [0.05, 0.1) is 10.7 Å². The molecule has 6 heteroatoms. The van der Waals surface area contributed by atoms with E-state index in [0.29, 0.717) is 12.1 Å². The molecule has 14 heavy (non-hydrogen) atoms. The van der Waals surface area contributed by atoms with E-state index in [4.69, 9.17) is 5.41 Å². The quantitative estimate of drug-likeness (QED) is 0.406. The van der Waals surface area contributed by atoms with Crippen molar-refractivity contribution >= 4 is 17.4 Å². The fraction of sp³-hybridized carbons (Fsp3) is 0.125. The lowest BCUT2D eigenvalue weighted by Crippen LogP contribution is -2.03. The average molecular weight is 223 g/mol. The summed E-state index contributed by atoms with van der Waals surface area (Å²) in [6.07, 6.45) is -4.38. The molecule has 1 aromatic rings. The van der Waals surface area contributed by atoms with Crippen LogP contribution in [-0.2, 0) is 6.18 Å². The second-order valence-electron chi connectivity index (χ2n) is 2.11. The van der Waals surface area contributed by atoms with Crippen molar-refractivity contribution in [1.82, 2.24) is 0 Å². The monoisotopic (exact) mass is 223 g/mol. The lowest BCUT2D eigenvalue weighted by Gasteiger charge is -2.04. The molecule has 0 spiro atoms. The molecule has 0 amide bonds. The molecule has 0 heterocycles. The molecule has 0 saturated carbocycles. The van der Waals surface area contributed by atoms with Crippen LogP contribution in [0.4, 0.5) is 17.6 Å². The number of hydrogen-bond acceptors (Lipinski definition) is 2. The first-order valence-corrected chi connectivity index (χ1v) is 3.69. The minimum absolute atomic E-state index is 0.669. The summed E-state index contributed by atoms with van der Waals surface area (Å²) in [6, 6.07) is 2.97. The van der Waals surface area contributed by atoms with Crippen LogP contribution in [0.25, 0.3) is 0 Å². The van der Waals surface area contributed by atoms with Crippen LogP contribution in [0.5, 0.6) is 0 Å². The Morgan fingerprint density at radius 2 is 1.50 bits per heavy atom. The summed E-state index contributed by atoms with van der Waals surface area (Å²) in [4.78, 5) is 0. The summed E-state index contributed by atoms with van der Waals surface area (Å²) >= 11 is 3.81. The molecule has 0 saturated heterocycles. The van der Waals surface area contributed by atoms with Gasteiger partial charge in [-0.05, 0) is 36.5 Å². The number of thiocarbonyl (C=S) groups is 1. The van der Waals surface area contributed by atoms with Crippen molar-refractivity contribution in [3.8, 4) is 0 Å². The van der Waals surface area contributed by atoms with Gasteiger partial charge in [0.15, 0.2) is 0 Å². The first-order chi connectivity index (χ1) is 6.41. The van der Waals surface area contributed by atoms with Gasteiger partial charge in [-0.1, -0.05) is 0 Å². The van der Waals surface area contributed by atoms with Crippen LogP contribution >= 0.6 is 12.2 Å². The van der Waals surface area contributed by atoms with Crippen molar-refractivity contribution in [2.45, 2.75) is 6.18 Å². The van der Waals surface area contributed by atoms with Gasteiger partial charge < -0.3 is 0 Å². The molecule has 1 nitrogen and oxygen atoms in total. The van der Waals surface area contributed by atoms with E-state index >= 15 is 0 Å². The van der Waals surface area contributed by atoms with E-state index in [-0.39, 0.29) is 0 Å². The molecule has 1 rings (SSSR count). The fourth-order valence-electron chi connectivity index (χ4n) is 0.639. The highest BCUT2D eigenvalue weighted by Gasteiger charge is 2.29. The molecule has 0 aliphatic heterocycles. The molecule has 0 fully saturated rings. The van der Waals surface area contributed by atoms with Crippen LogP contribution in [0.3, 0.4) is 0 Å². The normalized spacial score (nSPS) is 9.71. The number of benzene rings is 1. The van der Waals surface area contributed by atoms with Crippen LogP contribution in [0.2, 0.25) is 0 Å². The number of rotatable bonds is 0. The highest BCUT2D eigenvalue weighted by molar-refractivity contribution is 7.78. The van der Waals surface area contributed by atoms with Gasteiger partial charge in [0, 0.05) is 0 Å². The van der Waals surface area contributed by atoms with Crippen LogP contribution in [0.15, 0.2) is 24.3 Å². The van der Waals surface area contributed by atoms with Crippen molar-refractivity contribution in [1.29, 1.82) is 5.41 Å². The van der Waals surface area contributed by atoms with E-state index in [0.717, 1.165) is 12.1 Å². The van der Waals surface area contributed by atoms with Crippen LogP contribution in [0, 0.1) is 11.2 Å². The predicted octanol–water partition coefficient (Wildman–Crippen LogP) is 3.51. The molecule has 0 unspecified atom stereocenters. The molecular weight excluding hydrogens is 218 g/mol. The first-order valence-electron chi connectivity index (χ1n) is 3.28. The average Bonchev–Trinajstić information content (AvgIpc) is 2.04. The summed E-state index contributed by atoms with van der Waals surface area (Å²) in [6.45, 7) is 0. The zero-order valence-electron chi connectivity index (χ0n) is 6.73. The van der Waals surface area contributed by atoms with Gasteiger partial charge in [0.2, 0.25) is 0 Å². The van der Waals surface area contributed by atoms with E-state index in [1.165, 1.54) is 0 Å². The molecule has 0 aliphatic rings. The first kappa shape index (κ1) is 12.7. The maximum Gasteiger partial charge on any atom is 0.416 e. The van der Waals surface area contributed by atoms with E-state index in [2.05, 4.69) is 12.2 Å². The number of isothiocyanates is 1. The Morgan fingerprint density at radius 1 is 1.14 bits per heavy atom. The molecule has 0 radical (unpaired) electrons. The second kappa shape index (κ2) is 5.47. The minimum atomic E-state index is -4.38. The van der Waals surface area contributed by atoms with E-state index < -0.39 is 17.6 Å². The van der Waals surface area contributed by atoms with Crippen molar-refractivity contribution in [3.63, 3.8) is 0 Å². The van der Waals surface area contributed by atoms with Gasteiger partial charge >= 0.3 is 6.18 Å². The van der Waals surface area contributed by atoms with Crippen LogP contribution in [0.1, 0.15) is 5.56 Å².